The third kappa shape index (κ3) is 3.16. The van der Waals surface area contributed by atoms with E-state index in [1.165, 1.54) is 11.8 Å². The van der Waals surface area contributed by atoms with Crippen molar-refractivity contribution in [2.75, 3.05) is 29.9 Å². The Morgan fingerprint density at radius 3 is 2.86 bits per heavy atom. The molecule has 114 valence electrons. The van der Waals surface area contributed by atoms with E-state index in [2.05, 4.69) is 27.3 Å². The maximum atomic E-state index is 11.0. The standard InChI is InChI=1S/C16H18N4O2/c21-20(22)15-7-4-9-17-16(15)18-11-13-8-10-19(12-13)14-5-2-1-3-6-14/h1-7,9,13H,8,10-12H2,(H,17,18). The van der Waals surface area contributed by atoms with Crippen molar-refractivity contribution in [3.05, 3.63) is 58.8 Å². The van der Waals surface area contributed by atoms with Gasteiger partial charge in [-0.2, -0.15) is 0 Å². The molecule has 6 nitrogen and oxygen atoms in total. The molecule has 22 heavy (non-hydrogen) atoms. The molecule has 1 atom stereocenters. The summed E-state index contributed by atoms with van der Waals surface area (Å²) in [5.41, 5.74) is 1.26. The van der Waals surface area contributed by atoms with Crippen LogP contribution in [-0.4, -0.2) is 29.5 Å². The van der Waals surface area contributed by atoms with Crippen LogP contribution in [0.2, 0.25) is 0 Å². The zero-order chi connectivity index (χ0) is 15.4. The number of pyridine rings is 1. The molecule has 2 heterocycles. The van der Waals surface area contributed by atoms with Gasteiger partial charge in [-0.1, -0.05) is 18.2 Å². The van der Waals surface area contributed by atoms with Crippen LogP contribution < -0.4 is 10.2 Å². The fourth-order valence-electron chi connectivity index (χ4n) is 2.79. The van der Waals surface area contributed by atoms with Crippen molar-refractivity contribution in [2.24, 2.45) is 5.92 Å². The number of aromatic nitrogens is 1. The molecule has 6 heteroatoms. The Kier molecular flexibility index (Phi) is 4.18. The molecule has 3 rings (SSSR count). The lowest BCUT2D eigenvalue weighted by atomic mass is 10.1. The fraction of sp³-hybridized carbons (Fsp3) is 0.312. The predicted octanol–water partition coefficient (Wildman–Crippen LogP) is 2.93. The lowest BCUT2D eigenvalue weighted by Crippen LogP contribution is -2.22. The Hall–Kier alpha value is -2.63. The molecule has 1 saturated heterocycles. The summed E-state index contributed by atoms with van der Waals surface area (Å²) in [5.74, 6) is 0.812. The third-order valence-electron chi connectivity index (χ3n) is 3.95. The minimum absolute atomic E-state index is 0.0282. The average molecular weight is 298 g/mol. The molecule has 1 aromatic heterocycles. The number of para-hydroxylation sites is 1. The molecule has 1 aromatic carbocycles. The van der Waals surface area contributed by atoms with E-state index in [-0.39, 0.29) is 5.69 Å². The van der Waals surface area contributed by atoms with Crippen molar-refractivity contribution >= 4 is 17.2 Å². The summed E-state index contributed by atoms with van der Waals surface area (Å²) in [6, 6.07) is 13.4. The van der Waals surface area contributed by atoms with Crippen molar-refractivity contribution < 1.29 is 4.92 Å². The van der Waals surface area contributed by atoms with Crippen LogP contribution in [0.25, 0.3) is 0 Å². The van der Waals surface area contributed by atoms with Gasteiger partial charge in [0.25, 0.3) is 0 Å². The van der Waals surface area contributed by atoms with E-state index < -0.39 is 4.92 Å². The molecule has 1 aliphatic rings. The van der Waals surface area contributed by atoms with Crippen LogP contribution in [0, 0.1) is 16.0 Å². The average Bonchev–Trinajstić information content (AvgIpc) is 3.03. The van der Waals surface area contributed by atoms with Gasteiger partial charge in [0.1, 0.15) is 0 Å². The number of hydrogen-bond acceptors (Lipinski definition) is 5. The quantitative estimate of drug-likeness (QED) is 0.679. The van der Waals surface area contributed by atoms with E-state index in [4.69, 9.17) is 0 Å². The van der Waals surface area contributed by atoms with E-state index in [1.807, 2.05) is 18.2 Å². The number of nitrogens with zero attached hydrogens (tertiary/aromatic N) is 3. The molecule has 0 radical (unpaired) electrons. The zero-order valence-corrected chi connectivity index (χ0v) is 12.2. The van der Waals surface area contributed by atoms with Crippen LogP contribution >= 0.6 is 0 Å². The second-order valence-electron chi connectivity index (χ2n) is 5.45. The highest BCUT2D eigenvalue weighted by atomic mass is 16.6. The summed E-state index contributed by atoms with van der Waals surface area (Å²) in [4.78, 5) is 17.0. The van der Waals surface area contributed by atoms with Gasteiger partial charge in [0.15, 0.2) is 0 Å². The predicted molar refractivity (Wildman–Crippen MR) is 86.1 cm³/mol. The van der Waals surface area contributed by atoms with Gasteiger partial charge in [-0.05, 0) is 30.5 Å². The number of rotatable bonds is 5. The first-order valence-corrected chi connectivity index (χ1v) is 7.37. The Balaban J connectivity index is 1.59. The van der Waals surface area contributed by atoms with Gasteiger partial charge >= 0.3 is 5.69 Å². The van der Waals surface area contributed by atoms with Gasteiger partial charge < -0.3 is 10.2 Å². The topological polar surface area (TPSA) is 71.3 Å². The molecule has 2 aromatic rings. The van der Waals surface area contributed by atoms with Crippen LogP contribution in [0.5, 0.6) is 0 Å². The zero-order valence-electron chi connectivity index (χ0n) is 12.2. The van der Waals surface area contributed by atoms with Crippen LogP contribution in [0.1, 0.15) is 6.42 Å². The van der Waals surface area contributed by atoms with Crippen molar-refractivity contribution in [2.45, 2.75) is 6.42 Å². The maximum Gasteiger partial charge on any atom is 0.311 e. The molecular formula is C16H18N4O2. The number of benzene rings is 1. The smallest absolute Gasteiger partial charge is 0.311 e. The first-order valence-electron chi connectivity index (χ1n) is 7.37. The Bertz CT molecular complexity index is 648. The van der Waals surface area contributed by atoms with E-state index in [0.717, 1.165) is 19.5 Å². The largest absolute Gasteiger partial charge is 0.371 e. The molecule has 0 amide bonds. The van der Waals surface area contributed by atoms with Gasteiger partial charge in [-0.15, -0.1) is 0 Å². The van der Waals surface area contributed by atoms with Crippen molar-refractivity contribution in [3.8, 4) is 0 Å². The first kappa shape index (κ1) is 14.3. The molecular weight excluding hydrogens is 280 g/mol. The van der Waals surface area contributed by atoms with Crippen molar-refractivity contribution in [1.82, 2.24) is 4.98 Å². The van der Waals surface area contributed by atoms with E-state index in [1.54, 1.807) is 12.3 Å². The minimum atomic E-state index is -0.403. The highest BCUT2D eigenvalue weighted by molar-refractivity contribution is 5.55. The first-order chi connectivity index (χ1) is 10.7. The highest BCUT2D eigenvalue weighted by Crippen LogP contribution is 2.25. The molecule has 0 spiro atoms. The molecule has 1 aliphatic heterocycles. The SMILES string of the molecule is O=[N+]([O-])c1cccnc1NCC1CCN(c2ccccc2)C1. The van der Waals surface area contributed by atoms with Crippen LogP contribution in [0.4, 0.5) is 17.2 Å². The molecule has 1 unspecified atom stereocenters. The van der Waals surface area contributed by atoms with Gasteiger partial charge in [-0.3, -0.25) is 10.1 Å². The van der Waals surface area contributed by atoms with Gasteiger partial charge in [0.05, 0.1) is 4.92 Å². The number of anilines is 2. The minimum Gasteiger partial charge on any atom is -0.371 e. The summed E-state index contributed by atoms with van der Waals surface area (Å²) in [6.07, 6.45) is 2.64. The van der Waals surface area contributed by atoms with E-state index >= 15 is 0 Å². The second kappa shape index (κ2) is 6.43. The molecule has 1 N–H and O–H groups in total. The van der Waals surface area contributed by atoms with Crippen LogP contribution in [0.3, 0.4) is 0 Å². The summed E-state index contributed by atoms with van der Waals surface area (Å²) in [7, 11) is 0. The highest BCUT2D eigenvalue weighted by Gasteiger charge is 2.23. The molecule has 1 fully saturated rings. The van der Waals surface area contributed by atoms with E-state index in [9.17, 15) is 10.1 Å². The summed E-state index contributed by atoms with van der Waals surface area (Å²) >= 11 is 0. The molecule has 0 saturated carbocycles. The second-order valence-corrected chi connectivity index (χ2v) is 5.45. The number of nitro groups is 1. The van der Waals surface area contributed by atoms with Crippen molar-refractivity contribution in [3.63, 3.8) is 0 Å². The lowest BCUT2D eigenvalue weighted by Gasteiger charge is -2.18. The molecule has 0 aliphatic carbocycles. The maximum absolute atomic E-state index is 11.0. The summed E-state index contributed by atoms with van der Waals surface area (Å²) < 4.78 is 0. The van der Waals surface area contributed by atoms with Gasteiger partial charge in [0, 0.05) is 37.6 Å². The lowest BCUT2D eigenvalue weighted by molar-refractivity contribution is -0.384. The van der Waals surface area contributed by atoms with Crippen LogP contribution in [-0.2, 0) is 0 Å². The monoisotopic (exact) mass is 298 g/mol. The molecule has 0 bridgehead atoms. The number of hydrogen-bond donors (Lipinski definition) is 1. The summed E-state index contributed by atoms with van der Waals surface area (Å²) in [5, 5.41) is 14.1. The van der Waals surface area contributed by atoms with Crippen molar-refractivity contribution in [1.29, 1.82) is 0 Å². The third-order valence-corrected chi connectivity index (χ3v) is 3.95. The van der Waals surface area contributed by atoms with Crippen LogP contribution in [0.15, 0.2) is 48.7 Å². The Morgan fingerprint density at radius 1 is 1.27 bits per heavy atom. The van der Waals surface area contributed by atoms with E-state index in [0.29, 0.717) is 18.3 Å². The number of nitrogens with one attached hydrogen (secondary N) is 1. The van der Waals surface area contributed by atoms with Gasteiger partial charge in [0.2, 0.25) is 5.82 Å². The normalized spacial score (nSPS) is 17.5. The fourth-order valence-corrected chi connectivity index (χ4v) is 2.79. The Labute approximate surface area is 128 Å². The van der Waals surface area contributed by atoms with Gasteiger partial charge in [-0.25, -0.2) is 4.98 Å². The Morgan fingerprint density at radius 2 is 2.09 bits per heavy atom. The summed E-state index contributed by atoms with van der Waals surface area (Å²) in [6.45, 7) is 2.67.